The van der Waals surface area contributed by atoms with Gasteiger partial charge in [0.1, 0.15) is 5.54 Å². The van der Waals surface area contributed by atoms with E-state index in [1.54, 1.807) is 0 Å². The molecule has 0 spiro atoms. The number of nitrogens with two attached hydrogens (primary N) is 1. The van der Waals surface area contributed by atoms with Crippen molar-refractivity contribution in [2.24, 2.45) is 5.73 Å². The maximum atomic E-state index is 11.6. The van der Waals surface area contributed by atoms with E-state index >= 15 is 0 Å². The number of halogens is 1. The highest BCUT2D eigenvalue weighted by Crippen LogP contribution is 2.37. The number of benzene rings is 1. The van der Waals surface area contributed by atoms with Gasteiger partial charge in [0.05, 0.1) is 7.11 Å². The number of ether oxygens (including phenoxy) is 1. The first-order chi connectivity index (χ1) is 8.15. The Morgan fingerprint density at radius 2 is 1.83 bits per heavy atom. The van der Waals surface area contributed by atoms with Gasteiger partial charge in [0.2, 0.25) is 0 Å². The molecule has 0 aromatic heterocycles. The van der Waals surface area contributed by atoms with Crippen LogP contribution in [0.15, 0.2) is 30.3 Å². The summed E-state index contributed by atoms with van der Waals surface area (Å²) in [7, 11) is 1.40. The van der Waals surface area contributed by atoms with Crippen LogP contribution in [0.3, 0.4) is 0 Å². The van der Waals surface area contributed by atoms with Crippen LogP contribution < -0.4 is 5.73 Å². The molecule has 2 rings (SSSR count). The zero-order chi connectivity index (χ0) is 12.3. The number of methoxy groups -OCH3 is 1. The van der Waals surface area contributed by atoms with Gasteiger partial charge in [-0.3, -0.25) is 4.79 Å². The second-order valence-corrected chi connectivity index (χ2v) is 4.83. The third kappa shape index (κ3) is 3.03. The SMILES string of the molecule is COC(=O)C1(N)CCC(c2ccccc2)CC1.Cl. The Bertz CT molecular complexity index is 386. The highest BCUT2D eigenvalue weighted by atomic mass is 35.5. The summed E-state index contributed by atoms with van der Waals surface area (Å²) in [6.45, 7) is 0. The second-order valence-electron chi connectivity index (χ2n) is 4.83. The minimum Gasteiger partial charge on any atom is -0.468 e. The van der Waals surface area contributed by atoms with Crippen molar-refractivity contribution in [3.63, 3.8) is 0 Å². The van der Waals surface area contributed by atoms with Crippen molar-refractivity contribution < 1.29 is 9.53 Å². The number of carbonyl (C=O) groups is 1. The Morgan fingerprint density at radius 1 is 1.28 bits per heavy atom. The zero-order valence-corrected chi connectivity index (χ0v) is 11.4. The first-order valence-electron chi connectivity index (χ1n) is 6.08. The van der Waals surface area contributed by atoms with E-state index in [0.717, 1.165) is 12.8 Å². The Balaban J connectivity index is 0.00000162. The number of rotatable bonds is 2. The molecule has 0 heterocycles. The van der Waals surface area contributed by atoms with Crippen LogP contribution in [0.25, 0.3) is 0 Å². The van der Waals surface area contributed by atoms with Gasteiger partial charge in [0.25, 0.3) is 0 Å². The van der Waals surface area contributed by atoms with Crippen LogP contribution in [0.5, 0.6) is 0 Å². The average Bonchev–Trinajstić information content (AvgIpc) is 2.39. The zero-order valence-electron chi connectivity index (χ0n) is 10.6. The molecule has 0 atom stereocenters. The fraction of sp³-hybridized carbons (Fsp3) is 0.500. The van der Waals surface area contributed by atoms with Crippen molar-refractivity contribution in [2.75, 3.05) is 7.11 Å². The van der Waals surface area contributed by atoms with Gasteiger partial charge in [-0.2, -0.15) is 0 Å². The minimum absolute atomic E-state index is 0. The molecule has 0 radical (unpaired) electrons. The molecule has 0 saturated heterocycles. The summed E-state index contributed by atoms with van der Waals surface area (Å²) in [6, 6.07) is 10.4. The molecule has 2 N–H and O–H groups in total. The van der Waals surface area contributed by atoms with E-state index in [1.165, 1.54) is 12.7 Å². The van der Waals surface area contributed by atoms with Crippen LogP contribution in [0.1, 0.15) is 37.2 Å². The second kappa shape index (κ2) is 6.21. The third-order valence-corrected chi connectivity index (χ3v) is 3.74. The maximum Gasteiger partial charge on any atom is 0.325 e. The van der Waals surface area contributed by atoms with Crippen LogP contribution in [0, 0.1) is 0 Å². The van der Waals surface area contributed by atoms with Crippen molar-refractivity contribution >= 4 is 18.4 Å². The summed E-state index contributed by atoms with van der Waals surface area (Å²) >= 11 is 0. The van der Waals surface area contributed by atoms with Gasteiger partial charge in [0, 0.05) is 0 Å². The van der Waals surface area contributed by atoms with E-state index in [0.29, 0.717) is 18.8 Å². The topological polar surface area (TPSA) is 52.3 Å². The molecule has 1 saturated carbocycles. The molecule has 1 aliphatic carbocycles. The van der Waals surface area contributed by atoms with Crippen LogP contribution in [0.4, 0.5) is 0 Å². The van der Waals surface area contributed by atoms with E-state index in [2.05, 4.69) is 24.3 Å². The summed E-state index contributed by atoms with van der Waals surface area (Å²) in [5, 5.41) is 0. The van der Waals surface area contributed by atoms with Gasteiger partial charge in [-0.25, -0.2) is 0 Å². The lowest BCUT2D eigenvalue weighted by Crippen LogP contribution is -2.50. The normalized spacial score (nSPS) is 27.1. The fourth-order valence-corrected chi connectivity index (χ4v) is 2.60. The summed E-state index contributed by atoms with van der Waals surface area (Å²) < 4.78 is 4.77. The van der Waals surface area contributed by atoms with Gasteiger partial charge in [-0.15, -0.1) is 12.4 Å². The van der Waals surface area contributed by atoms with Crippen molar-refractivity contribution in [1.82, 2.24) is 0 Å². The molecule has 1 aromatic rings. The van der Waals surface area contributed by atoms with Gasteiger partial charge >= 0.3 is 5.97 Å². The molecule has 0 aliphatic heterocycles. The number of carbonyl (C=O) groups excluding carboxylic acids is 1. The average molecular weight is 270 g/mol. The lowest BCUT2D eigenvalue weighted by atomic mass is 9.75. The standard InChI is InChI=1S/C14H19NO2.ClH/c1-17-13(16)14(15)9-7-12(8-10-14)11-5-3-2-4-6-11;/h2-6,12H,7-10,15H2,1H3;1H. The quantitative estimate of drug-likeness (QED) is 0.840. The van der Waals surface area contributed by atoms with E-state index in [-0.39, 0.29) is 18.4 Å². The maximum absolute atomic E-state index is 11.6. The lowest BCUT2D eigenvalue weighted by Gasteiger charge is -2.34. The predicted octanol–water partition coefficient (Wildman–Crippen LogP) is 2.64. The molecule has 1 fully saturated rings. The third-order valence-electron chi connectivity index (χ3n) is 3.74. The van der Waals surface area contributed by atoms with E-state index in [4.69, 9.17) is 10.5 Å². The van der Waals surface area contributed by atoms with Crippen molar-refractivity contribution in [3.05, 3.63) is 35.9 Å². The van der Waals surface area contributed by atoms with Gasteiger partial charge in [-0.05, 0) is 37.2 Å². The molecule has 1 aromatic carbocycles. The Hall–Kier alpha value is -1.06. The fourth-order valence-electron chi connectivity index (χ4n) is 2.60. The first-order valence-corrected chi connectivity index (χ1v) is 6.08. The number of esters is 1. The van der Waals surface area contributed by atoms with Crippen LogP contribution >= 0.6 is 12.4 Å². The van der Waals surface area contributed by atoms with Crippen LogP contribution in [0.2, 0.25) is 0 Å². The van der Waals surface area contributed by atoms with Gasteiger partial charge < -0.3 is 10.5 Å². The van der Waals surface area contributed by atoms with Gasteiger partial charge in [0.15, 0.2) is 0 Å². The summed E-state index contributed by atoms with van der Waals surface area (Å²) in [5.41, 5.74) is 6.66. The smallest absolute Gasteiger partial charge is 0.325 e. The molecule has 18 heavy (non-hydrogen) atoms. The van der Waals surface area contributed by atoms with E-state index < -0.39 is 5.54 Å². The minimum atomic E-state index is -0.764. The van der Waals surface area contributed by atoms with Crippen molar-refractivity contribution in [1.29, 1.82) is 0 Å². The van der Waals surface area contributed by atoms with Crippen molar-refractivity contribution in [3.8, 4) is 0 Å². The lowest BCUT2D eigenvalue weighted by molar-refractivity contribution is -0.148. The molecule has 0 amide bonds. The summed E-state index contributed by atoms with van der Waals surface area (Å²) in [5.74, 6) is 0.251. The monoisotopic (exact) mass is 269 g/mol. The first kappa shape index (κ1) is 15.0. The Morgan fingerprint density at radius 3 is 2.33 bits per heavy atom. The van der Waals surface area contributed by atoms with Crippen molar-refractivity contribution in [2.45, 2.75) is 37.1 Å². The predicted molar refractivity (Wildman–Crippen MR) is 73.8 cm³/mol. The summed E-state index contributed by atoms with van der Waals surface area (Å²) in [4.78, 5) is 11.6. The highest BCUT2D eigenvalue weighted by molar-refractivity contribution is 5.85. The number of hydrogen-bond donors (Lipinski definition) is 1. The van der Waals surface area contributed by atoms with Crippen LogP contribution in [-0.2, 0) is 9.53 Å². The molecule has 0 bridgehead atoms. The van der Waals surface area contributed by atoms with Gasteiger partial charge in [-0.1, -0.05) is 30.3 Å². The largest absolute Gasteiger partial charge is 0.468 e. The molecule has 3 nitrogen and oxygen atoms in total. The highest BCUT2D eigenvalue weighted by Gasteiger charge is 2.39. The number of hydrogen-bond acceptors (Lipinski definition) is 3. The molecule has 4 heteroatoms. The Kier molecular flexibility index (Phi) is 5.17. The molecule has 1 aliphatic rings. The molecule has 0 unspecified atom stereocenters. The molecular formula is C14H20ClNO2. The van der Waals surface area contributed by atoms with Crippen LogP contribution in [-0.4, -0.2) is 18.6 Å². The summed E-state index contributed by atoms with van der Waals surface area (Å²) in [6.07, 6.45) is 3.32. The van der Waals surface area contributed by atoms with E-state index in [1.807, 2.05) is 6.07 Å². The Labute approximate surface area is 114 Å². The van der Waals surface area contributed by atoms with E-state index in [9.17, 15) is 4.79 Å². The molecular weight excluding hydrogens is 250 g/mol. The molecule has 100 valence electrons.